The van der Waals surface area contributed by atoms with Gasteiger partial charge in [0.1, 0.15) is 11.8 Å². The summed E-state index contributed by atoms with van der Waals surface area (Å²) in [5.74, 6) is 1.90. The smallest absolute Gasteiger partial charge is 0.249 e. The van der Waals surface area contributed by atoms with E-state index in [2.05, 4.69) is 0 Å². The lowest BCUT2D eigenvalue weighted by Crippen LogP contribution is -2.29. The Morgan fingerprint density at radius 3 is 2.52 bits per heavy atom. The Bertz CT molecular complexity index is 669. The molecule has 1 amide bonds. The molecule has 1 heterocycles. The number of hydrogen-bond acceptors (Lipinski definition) is 2. The number of hydrogen-bond donors (Lipinski definition) is 0. The van der Waals surface area contributed by atoms with E-state index in [1.54, 1.807) is 26.0 Å². The van der Waals surface area contributed by atoms with Gasteiger partial charge in [-0.1, -0.05) is 17.7 Å². The second kappa shape index (κ2) is 7.38. The van der Waals surface area contributed by atoms with E-state index in [9.17, 15) is 14.0 Å². The molecular formula is C19H22FNO2. The van der Waals surface area contributed by atoms with Crippen molar-refractivity contribution in [2.75, 3.05) is 13.1 Å². The molecule has 0 N–H and O–H groups in total. The average Bonchev–Trinajstić information content (AvgIpc) is 3.03. The lowest BCUT2D eigenvalue weighted by atomic mass is 9.98. The van der Waals surface area contributed by atoms with Crippen molar-refractivity contribution in [3.05, 3.63) is 52.4 Å². The van der Waals surface area contributed by atoms with E-state index >= 15 is 0 Å². The Morgan fingerprint density at radius 2 is 1.91 bits per heavy atom. The van der Waals surface area contributed by atoms with Gasteiger partial charge >= 0.3 is 0 Å². The summed E-state index contributed by atoms with van der Waals surface area (Å²) in [4.78, 5) is 25.0. The molecule has 0 radical (unpaired) electrons. The van der Waals surface area contributed by atoms with E-state index in [4.69, 9.17) is 0 Å². The van der Waals surface area contributed by atoms with Crippen molar-refractivity contribution in [1.82, 2.24) is 4.90 Å². The van der Waals surface area contributed by atoms with Gasteiger partial charge in [0.05, 0.1) is 0 Å². The predicted octanol–water partition coefficient (Wildman–Crippen LogP) is 3.65. The van der Waals surface area contributed by atoms with Gasteiger partial charge in [-0.25, -0.2) is 9.18 Å². The van der Waals surface area contributed by atoms with Crippen molar-refractivity contribution in [2.45, 2.75) is 39.5 Å². The number of carbonyl (C=O) groups is 1. The Hall–Kier alpha value is -2.19. The maximum Gasteiger partial charge on any atom is 0.249 e. The highest BCUT2D eigenvalue weighted by atomic mass is 19.1. The summed E-state index contributed by atoms with van der Waals surface area (Å²) in [6.07, 6.45) is 1.37. The van der Waals surface area contributed by atoms with E-state index in [0.29, 0.717) is 30.7 Å². The number of allylic oxidation sites excluding steroid dienone is 2. The molecule has 1 fully saturated rings. The molecule has 1 saturated heterocycles. The highest BCUT2D eigenvalue weighted by Gasteiger charge is 2.28. The van der Waals surface area contributed by atoms with Crippen LogP contribution in [0.1, 0.15) is 45.1 Å². The second-order valence-electron chi connectivity index (χ2n) is 6.25. The molecule has 122 valence electrons. The van der Waals surface area contributed by atoms with E-state index in [0.717, 1.165) is 17.6 Å². The number of halogens is 1. The summed E-state index contributed by atoms with van der Waals surface area (Å²) in [5.41, 5.74) is 3.26. The first-order chi connectivity index (χ1) is 10.9. The maximum atomic E-state index is 13.0. The summed E-state index contributed by atoms with van der Waals surface area (Å²) in [5, 5.41) is 0. The summed E-state index contributed by atoms with van der Waals surface area (Å²) < 4.78 is 13.0. The van der Waals surface area contributed by atoms with E-state index in [1.165, 1.54) is 12.1 Å². The zero-order valence-electron chi connectivity index (χ0n) is 13.9. The average molecular weight is 315 g/mol. The zero-order valence-corrected chi connectivity index (χ0v) is 13.9. The summed E-state index contributed by atoms with van der Waals surface area (Å²) in [7, 11) is 0. The molecule has 1 aromatic carbocycles. The molecule has 0 saturated carbocycles. The molecule has 0 aliphatic carbocycles. The van der Waals surface area contributed by atoms with E-state index in [-0.39, 0.29) is 17.6 Å². The first-order valence-corrected chi connectivity index (χ1v) is 7.84. The van der Waals surface area contributed by atoms with Crippen molar-refractivity contribution < 1.29 is 14.0 Å². The van der Waals surface area contributed by atoms with Crippen LogP contribution in [0.4, 0.5) is 4.39 Å². The normalized spacial score (nSPS) is 18.4. The summed E-state index contributed by atoms with van der Waals surface area (Å²) in [6, 6.07) is 6.51. The van der Waals surface area contributed by atoms with Crippen molar-refractivity contribution in [3.63, 3.8) is 0 Å². The number of amides is 1. The standard InChI is InChI=1S/C19H22FNO2/c1-13(12-22)10-14(2)15(3)19(23)21-9-8-17(11-21)16-4-6-18(20)7-5-16/h4-7,17H,8-11H2,1-3H3/b15-14-. The first-order valence-electron chi connectivity index (χ1n) is 7.84. The van der Waals surface area contributed by atoms with Gasteiger partial charge < -0.3 is 4.90 Å². The number of nitrogens with zero attached hydrogens (tertiary/aromatic N) is 1. The molecule has 1 aliphatic heterocycles. The summed E-state index contributed by atoms with van der Waals surface area (Å²) >= 11 is 0. The van der Waals surface area contributed by atoms with Crippen molar-refractivity contribution in [2.24, 2.45) is 0 Å². The van der Waals surface area contributed by atoms with Crippen LogP contribution in [0.2, 0.25) is 0 Å². The quantitative estimate of drug-likeness (QED) is 0.628. The predicted molar refractivity (Wildman–Crippen MR) is 88.2 cm³/mol. The third kappa shape index (κ3) is 4.17. The molecule has 4 heteroatoms. The van der Waals surface area contributed by atoms with Gasteiger partial charge in [-0.15, -0.1) is 0 Å². The van der Waals surface area contributed by atoms with Crippen LogP contribution in [-0.2, 0) is 9.59 Å². The molecule has 0 bridgehead atoms. The molecule has 1 atom stereocenters. The molecule has 1 unspecified atom stereocenters. The van der Waals surface area contributed by atoms with Gasteiger partial charge in [0.25, 0.3) is 0 Å². The lowest BCUT2D eigenvalue weighted by Gasteiger charge is -2.18. The largest absolute Gasteiger partial charge is 0.338 e. The van der Waals surface area contributed by atoms with Gasteiger partial charge in [-0.05, 0) is 44.9 Å². The minimum Gasteiger partial charge on any atom is -0.338 e. The molecule has 0 aromatic heterocycles. The van der Waals surface area contributed by atoms with Crippen LogP contribution in [0, 0.1) is 5.82 Å². The summed E-state index contributed by atoms with van der Waals surface area (Å²) in [6.45, 7) is 6.75. The van der Waals surface area contributed by atoms with Crippen molar-refractivity contribution >= 4 is 11.8 Å². The molecule has 3 nitrogen and oxygen atoms in total. The lowest BCUT2D eigenvalue weighted by molar-refractivity contribution is -0.126. The minimum absolute atomic E-state index is 0.0193. The van der Waals surface area contributed by atoms with Gasteiger partial charge in [0, 0.05) is 36.6 Å². The Balaban J connectivity index is 2.06. The third-order valence-corrected chi connectivity index (χ3v) is 4.48. The molecule has 1 aromatic rings. The van der Waals surface area contributed by atoms with Crippen LogP contribution >= 0.6 is 0 Å². The van der Waals surface area contributed by atoms with Crippen LogP contribution in [0.3, 0.4) is 0 Å². The maximum absolute atomic E-state index is 13.0. The van der Waals surface area contributed by atoms with Crippen LogP contribution in [0.15, 0.2) is 41.0 Å². The van der Waals surface area contributed by atoms with Crippen LogP contribution < -0.4 is 0 Å². The van der Waals surface area contributed by atoms with Gasteiger partial charge in [0.2, 0.25) is 5.91 Å². The topological polar surface area (TPSA) is 37.4 Å². The van der Waals surface area contributed by atoms with Crippen LogP contribution in [-0.4, -0.2) is 29.8 Å². The molecule has 0 spiro atoms. The molecule has 23 heavy (non-hydrogen) atoms. The fraction of sp³-hybridized carbons (Fsp3) is 0.421. The number of rotatable bonds is 4. The fourth-order valence-corrected chi connectivity index (χ4v) is 2.94. The highest BCUT2D eigenvalue weighted by molar-refractivity contribution is 5.94. The number of benzene rings is 1. The highest BCUT2D eigenvalue weighted by Crippen LogP contribution is 2.28. The molecule has 2 rings (SSSR count). The van der Waals surface area contributed by atoms with Crippen LogP contribution in [0.5, 0.6) is 0 Å². The van der Waals surface area contributed by atoms with Gasteiger partial charge in [-0.3, -0.25) is 4.79 Å². The van der Waals surface area contributed by atoms with Gasteiger partial charge in [-0.2, -0.15) is 0 Å². The SMILES string of the molecule is CC(=C=O)C/C(C)=C(/C)C(=O)N1CCC(c2ccc(F)cc2)C1. The minimum atomic E-state index is -0.243. The first kappa shape index (κ1) is 17.2. The van der Waals surface area contributed by atoms with Gasteiger partial charge in [0.15, 0.2) is 0 Å². The van der Waals surface area contributed by atoms with E-state index in [1.807, 2.05) is 17.8 Å². The second-order valence-corrected chi connectivity index (χ2v) is 6.25. The zero-order chi connectivity index (χ0) is 17.0. The van der Waals surface area contributed by atoms with Crippen molar-refractivity contribution in [1.29, 1.82) is 0 Å². The third-order valence-electron chi connectivity index (χ3n) is 4.48. The number of likely N-dealkylation sites (tertiary alicyclic amines) is 1. The van der Waals surface area contributed by atoms with Crippen LogP contribution in [0.25, 0.3) is 0 Å². The molecular weight excluding hydrogens is 293 g/mol. The fourth-order valence-electron chi connectivity index (χ4n) is 2.94. The Labute approximate surface area is 136 Å². The Kier molecular flexibility index (Phi) is 5.51. The Morgan fingerprint density at radius 1 is 1.26 bits per heavy atom. The monoisotopic (exact) mass is 315 g/mol. The van der Waals surface area contributed by atoms with E-state index < -0.39 is 0 Å². The van der Waals surface area contributed by atoms with Crippen molar-refractivity contribution in [3.8, 4) is 0 Å². The molecule has 1 aliphatic rings. The number of carbonyl (C=O) groups excluding carboxylic acids is 2.